The summed E-state index contributed by atoms with van der Waals surface area (Å²) in [6.45, 7) is 0.812. The maximum absolute atomic E-state index is 6.02. The van der Waals surface area contributed by atoms with E-state index in [0.29, 0.717) is 0 Å². The number of aromatic nitrogens is 1. The first kappa shape index (κ1) is 12.0. The molecule has 1 atom stereocenters. The van der Waals surface area contributed by atoms with E-state index in [9.17, 15) is 0 Å². The average Bonchev–Trinajstić information content (AvgIpc) is 2.87. The van der Waals surface area contributed by atoms with Gasteiger partial charge in [0.1, 0.15) is 10.8 Å². The lowest BCUT2D eigenvalue weighted by molar-refractivity contribution is 0.219. The van der Waals surface area contributed by atoms with Crippen molar-refractivity contribution in [2.75, 3.05) is 12.8 Å². The first-order valence-corrected chi connectivity index (χ1v) is 7.70. The van der Waals surface area contributed by atoms with Crippen LogP contribution in [0.15, 0.2) is 34.5 Å². The standard InChI is InChI=1S/C13H14N2OS2/c1-14-6-9-7-18-13(15-9)11-8-17-12-5-3-2-4-10(12)16-11/h2-5,7,11,14H,6,8H2,1H3. The minimum Gasteiger partial charge on any atom is -0.481 e. The molecule has 0 radical (unpaired) electrons. The zero-order chi connectivity index (χ0) is 12.4. The highest BCUT2D eigenvalue weighted by atomic mass is 32.2. The highest BCUT2D eigenvalue weighted by Crippen LogP contribution is 2.40. The summed E-state index contributed by atoms with van der Waals surface area (Å²) in [4.78, 5) is 5.84. The maximum Gasteiger partial charge on any atom is 0.159 e. The molecule has 2 aromatic rings. The minimum atomic E-state index is 0.0838. The first-order valence-electron chi connectivity index (χ1n) is 5.84. The Morgan fingerprint density at radius 3 is 3.22 bits per heavy atom. The average molecular weight is 278 g/mol. The summed E-state index contributed by atoms with van der Waals surface area (Å²) in [7, 11) is 1.93. The summed E-state index contributed by atoms with van der Waals surface area (Å²) in [5, 5.41) is 6.28. The van der Waals surface area contributed by atoms with Gasteiger partial charge in [-0.15, -0.1) is 23.1 Å². The second-order valence-electron chi connectivity index (χ2n) is 4.07. The Kier molecular flexibility index (Phi) is 3.54. The highest BCUT2D eigenvalue weighted by Gasteiger charge is 2.23. The number of nitrogens with zero attached hydrogens (tertiary/aromatic N) is 1. The molecule has 0 fully saturated rings. The van der Waals surface area contributed by atoms with Crippen LogP contribution in [-0.4, -0.2) is 17.8 Å². The van der Waals surface area contributed by atoms with E-state index in [2.05, 4.69) is 21.7 Å². The molecule has 0 aliphatic carbocycles. The Morgan fingerprint density at radius 1 is 1.44 bits per heavy atom. The molecule has 3 rings (SSSR count). The SMILES string of the molecule is CNCc1csc(C2CSc3ccccc3O2)n1. The second kappa shape index (κ2) is 5.30. The normalized spacial score (nSPS) is 18.2. The smallest absolute Gasteiger partial charge is 0.159 e. The van der Waals surface area contributed by atoms with Gasteiger partial charge in [-0.05, 0) is 19.2 Å². The monoisotopic (exact) mass is 278 g/mol. The van der Waals surface area contributed by atoms with Crippen molar-refractivity contribution < 1.29 is 4.74 Å². The summed E-state index contributed by atoms with van der Waals surface area (Å²) < 4.78 is 6.02. The predicted octanol–water partition coefficient (Wildman–Crippen LogP) is 3.09. The third kappa shape index (κ3) is 2.39. The molecule has 3 nitrogen and oxygen atoms in total. The topological polar surface area (TPSA) is 34.1 Å². The van der Waals surface area contributed by atoms with E-state index in [1.807, 2.05) is 37.0 Å². The van der Waals surface area contributed by atoms with Crippen molar-refractivity contribution >= 4 is 23.1 Å². The van der Waals surface area contributed by atoms with Crippen molar-refractivity contribution in [3.8, 4) is 5.75 Å². The lowest BCUT2D eigenvalue weighted by Crippen LogP contribution is -2.15. The van der Waals surface area contributed by atoms with E-state index in [0.717, 1.165) is 28.7 Å². The van der Waals surface area contributed by atoms with Crippen LogP contribution in [0, 0.1) is 0 Å². The van der Waals surface area contributed by atoms with Gasteiger partial charge in [-0.3, -0.25) is 0 Å². The van der Waals surface area contributed by atoms with E-state index in [1.54, 1.807) is 11.3 Å². The van der Waals surface area contributed by atoms with Gasteiger partial charge in [-0.1, -0.05) is 12.1 Å². The fraction of sp³-hybridized carbons (Fsp3) is 0.308. The van der Waals surface area contributed by atoms with Gasteiger partial charge in [0.05, 0.1) is 5.69 Å². The summed E-state index contributed by atoms with van der Waals surface area (Å²) in [5.41, 5.74) is 1.09. The lowest BCUT2D eigenvalue weighted by Gasteiger charge is -2.23. The molecule has 1 N–H and O–H groups in total. The van der Waals surface area contributed by atoms with Gasteiger partial charge in [0.2, 0.25) is 0 Å². The molecule has 0 amide bonds. The maximum atomic E-state index is 6.02. The van der Waals surface area contributed by atoms with Crippen molar-refractivity contribution in [1.29, 1.82) is 0 Å². The van der Waals surface area contributed by atoms with Crippen LogP contribution >= 0.6 is 23.1 Å². The van der Waals surface area contributed by atoms with Crippen molar-refractivity contribution in [3.63, 3.8) is 0 Å². The Hall–Kier alpha value is -1.04. The first-order chi connectivity index (χ1) is 8.86. The van der Waals surface area contributed by atoms with Crippen molar-refractivity contribution in [1.82, 2.24) is 10.3 Å². The number of benzene rings is 1. The number of nitrogens with one attached hydrogen (secondary N) is 1. The zero-order valence-electron chi connectivity index (χ0n) is 10.1. The highest BCUT2D eigenvalue weighted by molar-refractivity contribution is 7.99. The van der Waals surface area contributed by atoms with Crippen LogP contribution in [0.4, 0.5) is 0 Å². The van der Waals surface area contributed by atoms with Crippen LogP contribution in [0.25, 0.3) is 0 Å². The predicted molar refractivity (Wildman–Crippen MR) is 75.4 cm³/mol. The summed E-state index contributed by atoms with van der Waals surface area (Å²) in [6.07, 6.45) is 0.0838. The number of hydrogen-bond donors (Lipinski definition) is 1. The quantitative estimate of drug-likeness (QED) is 0.935. The largest absolute Gasteiger partial charge is 0.481 e. The van der Waals surface area contributed by atoms with E-state index in [1.165, 1.54) is 4.90 Å². The van der Waals surface area contributed by atoms with Crippen LogP contribution in [0.2, 0.25) is 0 Å². The van der Waals surface area contributed by atoms with Gasteiger partial charge >= 0.3 is 0 Å². The molecular weight excluding hydrogens is 264 g/mol. The molecule has 94 valence electrons. The third-order valence-electron chi connectivity index (χ3n) is 2.71. The molecule has 0 saturated heterocycles. The third-order valence-corrected chi connectivity index (χ3v) is 4.81. The Morgan fingerprint density at radius 2 is 2.33 bits per heavy atom. The molecule has 1 aliphatic heterocycles. The molecule has 1 aromatic heterocycles. The van der Waals surface area contributed by atoms with Crippen LogP contribution in [0.3, 0.4) is 0 Å². The minimum absolute atomic E-state index is 0.0838. The fourth-order valence-electron chi connectivity index (χ4n) is 1.87. The van der Waals surface area contributed by atoms with Gasteiger partial charge in [0, 0.05) is 22.6 Å². The number of fused-ring (bicyclic) bond motifs is 1. The van der Waals surface area contributed by atoms with Crippen LogP contribution in [0.1, 0.15) is 16.8 Å². The van der Waals surface area contributed by atoms with Crippen molar-refractivity contribution in [3.05, 3.63) is 40.3 Å². The van der Waals surface area contributed by atoms with Crippen LogP contribution in [-0.2, 0) is 6.54 Å². The molecule has 0 spiro atoms. The fourth-order valence-corrected chi connectivity index (χ4v) is 3.82. The number of thiazole rings is 1. The molecule has 0 saturated carbocycles. The molecule has 1 aromatic carbocycles. The zero-order valence-corrected chi connectivity index (χ0v) is 11.7. The molecule has 2 heterocycles. The van der Waals surface area contributed by atoms with Gasteiger partial charge < -0.3 is 10.1 Å². The molecule has 1 aliphatic rings. The molecule has 1 unspecified atom stereocenters. The molecule has 18 heavy (non-hydrogen) atoms. The van der Waals surface area contributed by atoms with E-state index < -0.39 is 0 Å². The number of thioether (sulfide) groups is 1. The number of para-hydroxylation sites is 1. The Bertz CT molecular complexity index is 541. The lowest BCUT2D eigenvalue weighted by atomic mass is 10.3. The Labute approximate surface area is 115 Å². The van der Waals surface area contributed by atoms with E-state index >= 15 is 0 Å². The van der Waals surface area contributed by atoms with Crippen molar-refractivity contribution in [2.45, 2.75) is 17.5 Å². The molecular formula is C13H14N2OS2. The molecule has 5 heteroatoms. The van der Waals surface area contributed by atoms with Gasteiger partial charge in [-0.2, -0.15) is 0 Å². The second-order valence-corrected chi connectivity index (χ2v) is 6.02. The Balaban J connectivity index is 1.78. The molecule has 0 bridgehead atoms. The van der Waals surface area contributed by atoms with Gasteiger partial charge in [0.15, 0.2) is 6.10 Å². The van der Waals surface area contributed by atoms with Gasteiger partial charge in [-0.25, -0.2) is 4.98 Å². The number of hydrogen-bond acceptors (Lipinski definition) is 5. The van der Waals surface area contributed by atoms with E-state index in [-0.39, 0.29) is 6.10 Å². The summed E-state index contributed by atoms with van der Waals surface area (Å²) in [6, 6.07) is 8.18. The summed E-state index contributed by atoms with van der Waals surface area (Å²) >= 11 is 3.52. The van der Waals surface area contributed by atoms with Gasteiger partial charge in [0.25, 0.3) is 0 Å². The number of rotatable bonds is 3. The number of ether oxygens (including phenoxy) is 1. The van der Waals surface area contributed by atoms with Crippen LogP contribution < -0.4 is 10.1 Å². The summed E-state index contributed by atoms with van der Waals surface area (Å²) in [5.74, 6) is 1.91. The van der Waals surface area contributed by atoms with Crippen molar-refractivity contribution in [2.24, 2.45) is 0 Å². The van der Waals surface area contributed by atoms with E-state index in [4.69, 9.17) is 4.74 Å². The van der Waals surface area contributed by atoms with Crippen LogP contribution in [0.5, 0.6) is 5.75 Å².